The van der Waals surface area contributed by atoms with Gasteiger partial charge in [0, 0.05) is 30.8 Å². The molecule has 1 aromatic rings. The van der Waals surface area contributed by atoms with Gasteiger partial charge >= 0.3 is 11.8 Å². The van der Waals surface area contributed by atoms with Crippen LogP contribution in [-0.2, 0) is 19.1 Å². The van der Waals surface area contributed by atoms with Crippen molar-refractivity contribution in [2.75, 3.05) is 7.11 Å². The van der Waals surface area contributed by atoms with Gasteiger partial charge in [-0.2, -0.15) is 0 Å². The molecule has 0 saturated carbocycles. The van der Waals surface area contributed by atoms with Crippen LogP contribution in [0.1, 0.15) is 42.7 Å². The van der Waals surface area contributed by atoms with E-state index < -0.39 is 11.8 Å². The SMILES string of the molecule is COC(=O)C1(O)C[C@@H](c2cccc(C)c2)C2=C(CCCC2=O)O1. The number of allylic oxidation sites excluding steroid dienone is 2. The average Bonchev–Trinajstić information content (AvgIpc) is 2.53. The normalized spacial score (nSPS) is 27.3. The predicted molar refractivity (Wildman–Crippen MR) is 82.5 cm³/mol. The Balaban J connectivity index is 2.10. The molecular weight excluding hydrogens is 296 g/mol. The number of hydrogen-bond acceptors (Lipinski definition) is 5. The highest BCUT2D eigenvalue weighted by Gasteiger charge is 2.50. The quantitative estimate of drug-likeness (QED) is 0.848. The van der Waals surface area contributed by atoms with Crippen molar-refractivity contribution >= 4 is 11.8 Å². The van der Waals surface area contributed by atoms with E-state index >= 15 is 0 Å². The summed E-state index contributed by atoms with van der Waals surface area (Å²) in [6.07, 6.45) is 1.66. The van der Waals surface area contributed by atoms with Crippen LogP contribution in [0.3, 0.4) is 0 Å². The maximum Gasteiger partial charge on any atom is 0.379 e. The largest absolute Gasteiger partial charge is 0.464 e. The van der Waals surface area contributed by atoms with Gasteiger partial charge in [-0.1, -0.05) is 29.8 Å². The third-order valence-corrected chi connectivity index (χ3v) is 4.48. The Bertz CT molecular complexity index is 690. The fourth-order valence-corrected chi connectivity index (χ4v) is 3.41. The van der Waals surface area contributed by atoms with E-state index in [4.69, 9.17) is 4.74 Å². The number of aryl methyl sites for hydroxylation is 1. The molecule has 5 heteroatoms. The highest BCUT2D eigenvalue weighted by atomic mass is 16.7. The third-order valence-electron chi connectivity index (χ3n) is 4.48. The first-order valence-corrected chi connectivity index (χ1v) is 7.77. The van der Waals surface area contributed by atoms with Gasteiger partial charge in [-0.15, -0.1) is 0 Å². The Morgan fingerprint density at radius 3 is 2.87 bits per heavy atom. The molecular formula is C18H20O5. The molecule has 1 aliphatic carbocycles. The van der Waals surface area contributed by atoms with Crippen molar-refractivity contribution < 1.29 is 24.2 Å². The summed E-state index contributed by atoms with van der Waals surface area (Å²) in [5.41, 5.74) is 2.55. The van der Waals surface area contributed by atoms with Crippen LogP contribution in [0.25, 0.3) is 0 Å². The molecule has 2 aliphatic rings. The Kier molecular flexibility index (Phi) is 3.98. The molecule has 0 amide bonds. The summed E-state index contributed by atoms with van der Waals surface area (Å²) < 4.78 is 10.2. The van der Waals surface area contributed by atoms with Crippen molar-refractivity contribution in [3.05, 3.63) is 46.7 Å². The molecule has 0 fully saturated rings. The van der Waals surface area contributed by atoms with E-state index in [1.165, 1.54) is 7.11 Å². The zero-order chi connectivity index (χ0) is 16.6. The average molecular weight is 316 g/mol. The molecule has 1 unspecified atom stereocenters. The number of carbonyl (C=O) groups is 2. The van der Waals surface area contributed by atoms with Gasteiger partial charge in [-0.3, -0.25) is 4.79 Å². The van der Waals surface area contributed by atoms with Crippen LogP contribution in [0.15, 0.2) is 35.6 Å². The predicted octanol–water partition coefficient (Wildman–Crippen LogP) is 2.37. The molecule has 0 saturated heterocycles. The molecule has 3 rings (SSSR count). The Labute approximate surface area is 134 Å². The molecule has 23 heavy (non-hydrogen) atoms. The van der Waals surface area contributed by atoms with E-state index in [-0.39, 0.29) is 18.1 Å². The monoisotopic (exact) mass is 316 g/mol. The maximum absolute atomic E-state index is 12.4. The molecule has 1 aromatic carbocycles. The topological polar surface area (TPSA) is 72.8 Å². The number of ether oxygens (including phenoxy) is 2. The van der Waals surface area contributed by atoms with E-state index in [1.807, 2.05) is 31.2 Å². The van der Waals surface area contributed by atoms with Gasteiger partial charge < -0.3 is 14.6 Å². The van der Waals surface area contributed by atoms with E-state index in [9.17, 15) is 14.7 Å². The van der Waals surface area contributed by atoms with Crippen LogP contribution in [0.2, 0.25) is 0 Å². The molecule has 1 aliphatic heterocycles. The minimum atomic E-state index is -2.04. The number of aliphatic hydroxyl groups is 1. The zero-order valence-corrected chi connectivity index (χ0v) is 13.3. The van der Waals surface area contributed by atoms with E-state index in [0.717, 1.165) is 11.1 Å². The number of carbonyl (C=O) groups excluding carboxylic acids is 2. The highest BCUT2D eigenvalue weighted by molar-refractivity contribution is 5.98. The first-order chi connectivity index (χ1) is 10.9. The summed E-state index contributed by atoms with van der Waals surface area (Å²) in [5, 5.41) is 10.6. The van der Waals surface area contributed by atoms with Crippen molar-refractivity contribution in [2.24, 2.45) is 0 Å². The van der Waals surface area contributed by atoms with Crippen LogP contribution < -0.4 is 0 Å². The minimum Gasteiger partial charge on any atom is -0.464 e. The van der Waals surface area contributed by atoms with Crippen molar-refractivity contribution in [1.82, 2.24) is 0 Å². The summed E-state index contributed by atoms with van der Waals surface area (Å²) in [6, 6.07) is 7.76. The lowest BCUT2D eigenvalue weighted by molar-refractivity contribution is -0.222. The first kappa shape index (κ1) is 15.7. The van der Waals surface area contributed by atoms with Gasteiger partial charge in [-0.25, -0.2) is 4.79 Å². The summed E-state index contributed by atoms with van der Waals surface area (Å²) in [5.74, 6) is -2.79. The molecule has 1 heterocycles. The van der Waals surface area contributed by atoms with Crippen molar-refractivity contribution in [3.8, 4) is 0 Å². The Morgan fingerprint density at radius 1 is 1.39 bits per heavy atom. The van der Waals surface area contributed by atoms with Gasteiger partial charge in [0.15, 0.2) is 5.78 Å². The molecule has 0 aromatic heterocycles. The minimum absolute atomic E-state index is 0.0201. The molecule has 0 radical (unpaired) electrons. The van der Waals surface area contributed by atoms with Crippen LogP contribution in [0.4, 0.5) is 0 Å². The number of hydrogen-bond donors (Lipinski definition) is 1. The summed E-state index contributed by atoms with van der Waals surface area (Å²) in [7, 11) is 1.21. The molecule has 122 valence electrons. The lowest BCUT2D eigenvalue weighted by atomic mass is 9.77. The fraction of sp³-hybridized carbons (Fsp3) is 0.444. The number of esters is 1. The Hall–Kier alpha value is -2.14. The van der Waals surface area contributed by atoms with E-state index in [1.54, 1.807) is 0 Å². The van der Waals surface area contributed by atoms with E-state index in [2.05, 4.69) is 4.74 Å². The van der Waals surface area contributed by atoms with Gasteiger partial charge in [0.05, 0.1) is 7.11 Å². The van der Waals surface area contributed by atoms with Crippen LogP contribution >= 0.6 is 0 Å². The van der Waals surface area contributed by atoms with Crippen molar-refractivity contribution in [1.29, 1.82) is 0 Å². The summed E-state index contributed by atoms with van der Waals surface area (Å²) >= 11 is 0. The summed E-state index contributed by atoms with van der Waals surface area (Å²) in [4.78, 5) is 24.4. The number of Topliss-reactive ketones (excluding diaryl/α,β-unsaturated/α-hetero) is 1. The van der Waals surface area contributed by atoms with Gasteiger partial charge in [0.1, 0.15) is 5.76 Å². The Morgan fingerprint density at radius 2 is 2.17 bits per heavy atom. The smallest absolute Gasteiger partial charge is 0.379 e. The number of rotatable bonds is 2. The molecule has 1 N–H and O–H groups in total. The lowest BCUT2D eigenvalue weighted by Crippen LogP contribution is -2.47. The first-order valence-electron chi connectivity index (χ1n) is 7.77. The second-order valence-electron chi connectivity index (χ2n) is 6.16. The standard InChI is InChI=1S/C18H20O5/c1-11-5-3-6-12(9-11)13-10-18(21,17(20)22-2)23-15-8-4-7-14(19)16(13)15/h3,5-6,9,13,21H,4,7-8,10H2,1-2H3/t13-,18?/m0/s1. The van der Waals surface area contributed by atoms with Gasteiger partial charge in [0.2, 0.25) is 0 Å². The number of methoxy groups -OCH3 is 1. The van der Waals surface area contributed by atoms with Gasteiger partial charge in [-0.05, 0) is 18.9 Å². The molecule has 2 atom stereocenters. The molecule has 0 spiro atoms. The second-order valence-corrected chi connectivity index (χ2v) is 6.16. The molecule has 5 nitrogen and oxygen atoms in total. The van der Waals surface area contributed by atoms with Crippen molar-refractivity contribution in [3.63, 3.8) is 0 Å². The highest BCUT2D eigenvalue weighted by Crippen LogP contribution is 2.45. The number of ketones is 1. The van der Waals surface area contributed by atoms with E-state index in [0.29, 0.717) is 30.6 Å². The maximum atomic E-state index is 12.4. The van der Waals surface area contributed by atoms with Crippen molar-refractivity contribution in [2.45, 2.75) is 44.3 Å². The summed E-state index contributed by atoms with van der Waals surface area (Å²) in [6.45, 7) is 1.97. The zero-order valence-electron chi connectivity index (χ0n) is 13.3. The molecule has 0 bridgehead atoms. The third kappa shape index (κ3) is 2.77. The van der Waals surface area contributed by atoms with Crippen LogP contribution in [0, 0.1) is 6.92 Å². The van der Waals surface area contributed by atoms with Crippen LogP contribution in [-0.4, -0.2) is 29.8 Å². The van der Waals surface area contributed by atoms with Gasteiger partial charge in [0.25, 0.3) is 0 Å². The fourth-order valence-electron chi connectivity index (χ4n) is 3.41. The van der Waals surface area contributed by atoms with Crippen LogP contribution in [0.5, 0.6) is 0 Å². The second kappa shape index (κ2) is 5.81. The lowest BCUT2D eigenvalue weighted by Gasteiger charge is -2.39. The number of benzene rings is 1.